The molecule has 0 radical (unpaired) electrons. The maximum absolute atomic E-state index is 13.9. The van der Waals surface area contributed by atoms with Crippen molar-refractivity contribution in [2.45, 2.75) is 45.3 Å². The average molecular weight is 482 g/mol. The van der Waals surface area contributed by atoms with Gasteiger partial charge in [-0.3, -0.25) is 9.67 Å². The molecule has 0 N–H and O–H groups in total. The van der Waals surface area contributed by atoms with Crippen molar-refractivity contribution in [2.75, 3.05) is 0 Å². The first-order valence-corrected chi connectivity index (χ1v) is 11.4. The van der Waals surface area contributed by atoms with Crippen LogP contribution in [0.3, 0.4) is 0 Å². The minimum absolute atomic E-state index is 0.159. The Kier molecular flexibility index (Phi) is 6.28. The third kappa shape index (κ3) is 5.18. The van der Waals surface area contributed by atoms with Crippen molar-refractivity contribution in [3.63, 3.8) is 0 Å². The van der Waals surface area contributed by atoms with E-state index < -0.39 is 23.2 Å². The summed E-state index contributed by atoms with van der Waals surface area (Å²) < 4.78 is 43.1. The fourth-order valence-electron chi connectivity index (χ4n) is 3.38. The monoisotopic (exact) mass is 481 g/mol. The van der Waals surface area contributed by atoms with Crippen molar-refractivity contribution in [1.29, 1.82) is 0 Å². The van der Waals surface area contributed by atoms with Crippen LogP contribution in [0.25, 0.3) is 10.7 Å². The molecule has 3 aromatic heterocycles. The highest BCUT2D eigenvalue weighted by atomic mass is 32.1. The average Bonchev–Trinajstić information content (AvgIpc) is 3.46. The Balaban J connectivity index is 1.58. The summed E-state index contributed by atoms with van der Waals surface area (Å²) in [5, 5.41) is 13.6. The Labute approximate surface area is 199 Å². The predicted octanol–water partition coefficient (Wildman–Crippen LogP) is 6.12. The van der Waals surface area contributed by atoms with E-state index in [9.17, 15) is 13.2 Å². The van der Waals surface area contributed by atoms with Gasteiger partial charge in [0.2, 0.25) is 0 Å². The Morgan fingerprint density at radius 3 is 2.50 bits per heavy atom. The molecule has 4 aromatic rings. The maximum Gasteiger partial charge on any atom is 0.416 e. The minimum Gasteiger partial charge on any atom is -0.264 e. The highest BCUT2D eigenvalue weighted by Crippen LogP contribution is 2.38. The molecule has 0 saturated carbocycles. The Bertz CT molecular complexity index is 1350. The zero-order valence-corrected chi connectivity index (χ0v) is 19.9. The number of hydrogen-bond donors (Lipinski definition) is 0. The van der Waals surface area contributed by atoms with E-state index in [1.165, 1.54) is 28.3 Å². The number of benzene rings is 1. The molecule has 0 spiro atoms. The van der Waals surface area contributed by atoms with Gasteiger partial charge in [0.05, 0.1) is 23.4 Å². The van der Waals surface area contributed by atoms with Gasteiger partial charge >= 0.3 is 6.18 Å². The van der Waals surface area contributed by atoms with Crippen LogP contribution in [0.15, 0.2) is 55.0 Å². The topological polar surface area (TPSA) is 56.5 Å². The largest absolute Gasteiger partial charge is 0.416 e. The Morgan fingerprint density at radius 1 is 1.03 bits per heavy atom. The second-order valence-corrected chi connectivity index (χ2v) is 9.79. The molecule has 0 aliphatic rings. The molecular formula is C25H22F3N5S. The lowest BCUT2D eigenvalue weighted by Crippen LogP contribution is -2.19. The number of nitrogens with zero attached hydrogens (tertiary/aromatic N) is 5. The molecule has 0 aliphatic carbocycles. The molecule has 3 heterocycles. The van der Waals surface area contributed by atoms with Crippen molar-refractivity contribution in [2.24, 2.45) is 0 Å². The quantitative estimate of drug-likeness (QED) is 0.331. The van der Waals surface area contributed by atoms with E-state index in [0.29, 0.717) is 26.8 Å². The molecule has 5 nitrogen and oxygen atoms in total. The van der Waals surface area contributed by atoms with Crippen molar-refractivity contribution in [3.05, 3.63) is 82.3 Å². The summed E-state index contributed by atoms with van der Waals surface area (Å²) in [5.41, 5.74) is 1.04. The Hall–Kier alpha value is -3.51. The fraction of sp³-hybridized carbons (Fsp3) is 0.280. The number of rotatable bonds is 3. The molecule has 1 atom stereocenters. The van der Waals surface area contributed by atoms with E-state index in [0.717, 1.165) is 0 Å². The van der Waals surface area contributed by atoms with Gasteiger partial charge in [-0.15, -0.1) is 10.2 Å². The van der Waals surface area contributed by atoms with Gasteiger partial charge < -0.3 is 0 Å². The van der Waals surface area contributed by atoms with Crippen molar-refractivity contribution < 1.29 is 13.2 Å². The van der Waals surface area contributed by atoms with Crippen LogP contribution in [0.2, 0.25) is 0 Å². The van der Waals surface area contributed by atoms with Crippen LogP contribution in [-0.2, 0) is 11.6 Å². The molecule has 34 heavy (non-hydrogen) atoms. The minimum atomic E-state index is -4.47. The second-order valence-electron chi connectivity index (χ2n) is 8.81. The molecule has 0 aliphatic heterocycles. The highest BCUT2D eigenvalue weighted by Gasteiger charge is 2.36. The molecule has 4 rings (SSSR count). The summed E-state index contributed by atoms with van der Waals surface area (Å²) in [6, 6.07) is 9.43. The first-order chi connectivity index (χ1) is 16.0. The van der Waals surface area contributed by atoms with Gasteiger partial charge in [0, 0.05) is 12.4 Å². The number of hydrogen-bond acceptors (Lipinski definition) is 5. The van der Waals surface area contributed by atoms with Gasteiger partial charge in [0.1, 0.15) is 5.69 Å². The molecule has 174 valence electrons. The van der Waals surface area contributed by atoms with E-state index >= 15 is 0 Å². The summed E-state index contributed by atoms with van der Waals surface area (Å²) in [6.07, 6.45) is 0.374. The van der Waals surface area contributed by atoms with Crippen molar-refractivity contribution >= 4 is 11.3 Å². The van der Waals surface area contributed by atoms with E-state index in [2.05, 4.69) is 32.1 Å². The highest BCUT2D eigenvalue weighted by molar-refractivity contribution is 7.15. The molecule has 1 aromatic carbocycles. The lowest BCUT2D eigenvalue weighted by atomic mass is 9.84. The van der Waals surface area contributed by atoms with Crippen LogP contribution in [0.4, 0.5) is 13.2 Å². The number of aromatic nitrogens is 5. The summed E-state index contributed by atoms with van der Waals surface area (Å²) in [7, 11) is 0. The maximum atomic E-state index is 13.9. The van der Waals surface area contributed by atoms with Gasteiger partial charge in [0.15, 0.2) is 10.0 Å². The normalized spacial score (nSPS) is 12.8. The van der Waals surface area contributed by atoms with E-state index in [1.807, 2.05) is 39.0 Å². The molecule has 9 heteroatoms. The van der Waals surface area contributed by atoms with Crippen molar-refractivity contribution in [1.82, 2.24) is 25.0 Å². The summed E-state index contributed by atoms with van der Waals surface area (Å²) in [5.74, 6) is 5.89. The van der Waals surface area contributed by atoms with Gasteiger partial charge in [-0.25, -0.2) is 0 Å². The summed E-state index contributed by atoms with van der Waals surface area (Å²) >= 11 is 1.31. The smallest absolute Gasteiger partial charge is 0.264 e. The van der Waals surface area contributed by atoms with Gasteiger partial charge in [-0.05, 0) is 47.6 Å². The molecular weight excluding hydrogens is 459 g/mol. The molecule has 0 saturated heterocycles. The molecule has 1 unspecified atom stereocenters. The first kappa shape index (κ1) is 23.6. The number of halogens is 3. The first-order valence-electron chi connectivity index (χ1n) is 10.5. The lowest BCUT2D eigenvalue weighted by Gasteiger charge is -2.24. The van der Waals surface area contributed by atoms with Crippen LogP contribution < -0.4 is 0 Å². The molecule has 0 amide bonds. The SMILES string of the molecule is CC(c1ccc(C(C)(C)C)cc1C(F)(F)F)n1cc(C#Cc2nnc(-c3ccccn3)s2)cn1. The standard InChI is InChI=1S/C25H22F3N5S/c1-16(19-10-9-18(24(2,3)4)13-20(19)25(26,27)28)33-15-17(14-30-33)8-11-22-31-32-23(34-22)21-7-5-6-12-29-21/h5-7,9-10,12-16H,1-4H3. The van der Waals surface area contributed by atoms with E-state index in [4.69, 9.17) is 0 Å². The van der Waals surface area contributed by atoms with Gasteiger partial charge in [-0.2, -0.15) is 18.3 Å². The van der Waals surface area contributed by atoms with E-state index in [-0.39, 0.29) is 5.56 Å². The Morgan fingerprint density at radius 2 is 1.82 bits per heavy atom. The van der Waals surface area contributed by atoms with Gasteiger partial charge in [-0.1, -0.05) is 56.2 Å². The third-order valence-corrected chi connectivity index (χ3v) is 6.16. The van der Waals surface area contributed by atoms with Crippen LogP contribution in [0, 0.1) is 11.8 Å². The van der Waals surface area contributed by atoms with Crippen LogP contribution >= 0.6 is 11.3 Å². The molecule has 0 fully saturated rings. The van der Waals surface area contributed by atoms with Crippen LogP contribution in [-0.4, -0.2) is 25.0 Å². The van der Waals surface area contributed by atoms with Crippen molar-refractivity contribution in [3.8, 4) is 22.5 Å². The summed E-state index contributed by atoms with van der Waals surface area (Å²) in [6.45, 7) is 7.36. The number of pyridine rings is 1. The third-order valence-electron chi connectivity index (χ3n) is 5.30. The molecule has 0 bridgehead atoms. The second kappa shape index (κ2) is 9.03. The van der Waals surface area contributed by atoms with Gasteiger partial charge in [0.25, 0.3) is 0 Å². The summed E-state index contributed by atoms with van der Waals surface area (Å²) in [4.78, 5) is 4.24. The van der Waals surface area contributed by atoms with E-state index in [1.54, 1.807) is 31.5 Å². The zero-order chi connectivity index (χ0) is 24.5. The lowest BCUT2D eigenvalue weighted by molar-refractivity contribution is -0.138. The van der Waals surface area contributed by atoms with Crippen LogP contribution in [0.1, 0.15) is 61.0 Å². The predicted molar refractivity (Wildman–Crippen MR) is 125 cm³/mol. The number of alkyl halides is 3. The fourth-order valence-corrected chi connectivity index (χ4v) is 4.06. The zero-order valence-electron chi connectivity index (χ0n) is 19.1. The van der Waals surface area contributed by atoms with Crippen LogP contribution in [0.5, 0.6) is 0 Å².